The first-order valence-electron chi connectivity index (χ1n) is 10.7. The summed E-state index contributed by atoms with van der Waals surface area (Å²) in [7, 11) is 2.09. The molecule has 31 heavy (non-hydrogen) atoms. The van der Waals surface area contributed by atoms with Crippen LogP contribution in [0.15, 0.2) is 30.7 Å². The minimum absolute atomic E-state index is 0.454. The number of H-pyrrole nitrogens is 1. The maximum absolute atomic E-state index is 4.67. The summed E-state index contributed by atoms with van der Waals surface area (Å²) in [6.45, 7) is 0. The van der Waals surface area contributed by atoms with Gasteiger partial charge in [-0.1, -0.05) is 23.0 Å². The van der Waals surface area contributed by atoms with Gasteiger partial charge < -0.3 is 10.2 Å². The molecule has 5 heterocycles. The largest absolute Gasteiger partial charge is 0.339 e. The lowest BCUT2D eigenvalue weighted by Gasteiger charge is -2.43. The van der Waals surface area contributed by atoms with Crippen molar-refractivity contribution >= 4 is 27.7 Å². The van der Waals surface area contributed by atoms with Crippen molar-refractivity contribution in [2.45, 2.75) is 50.2 Å². The fourth-order valence-electron chi connectivity index (χ4n) is 4.97. The molecule has 0 radical (unpaired) electrons. The second-order valence-corrected chi connectivity index (χ2v) is 9.22. The molecule has 3 aromatic heterocycles. The average Bonchev–Trinajstić information content (AvgIpc) is 3.50. The highest BCUT2D eigenvalue weighted by molar-refractivity contribution is 7.13. The zero-order valence-corrected chi connectivity index (χ0v) is 18.0. The second kappa shape index (κ2) is 7.61. The number of hydrogen-bond donors (Lipinski definition) is 2. The highest BCUT2D eigenvalue weighted by Crippen LogP contribution is 2.35. The van der Waals surface area contributed by atoms with E-state index in [0.717, 1.165) is 45.4 Å². The molecular weight excluding hydrogens is 410 g/mol. The van der Waals surface area contributed by atoms with E-state index >= 15 is 0 Å². The maximum atomic E-state index is 4.67. The van der Waals surface area contributed by atoms with E-state index in [1.54, 1.807) is 6.20 Å². The molecule has 2 saturated heterocycles. The molecule has 10 heteroatoms. The molecular formula is C21H23N9S. The molecule has 2 N–H and O–H groups in total. The first-order chi connectivity index (χ1) is 15.3. The van der Waals surface area contributed by atoms with Crippen LogP contribution in [0.4, 0.5) is 5.95 Å². The number of fused-ring (bicyclic) bond motifs is 3. The van der Waals surface area contributed by atoms with Crippen molar-refractivity contribution in [1.29, 1.82) is 0 Å². The van der Waals surface area contributed by atoms with Crippen LogP contribution in [0.5, 0.6) is 0 Å². The van der Waals surface area contributed by atoms with E-state index in [4.69, 9.17) is 0 Å². The Morgan fingerprint density at radius 1 is 1.03 bits per heavy atom. The van der Waals surface area contributed by atoms with Crippen molar-refractivity contribution < 1.29 is 0 Å². The fraction of sp³-hybridized carbons (Fsp3) is 0.429. The van der Waals surface area contributed by atoms with E-state index in [1.165, 1.54) is 30.8 Å². The van der Waals surface area contributed by atoms with Gasteiger partial charge in [0.2, 0.25) is 5.95 Å². The zero-order valence-electron chi connectivity index (χ0n) is 17.2. The highest BCUT2D eigenvalue weighted by Gasteiger charge is 2.33. The topological polar surface area (TPSA) is 108 Å². The summed E-state index contributed by atoms with van der Waals surface area (Å²) in [5.74, 6) is 0.683. The molecule has 158 valence electrons. The minimum atomic E-state index is 0.454. The predicted molar refractivity (Wildman–Crippen MR) is 120 cm³/mol. The summed E-state index contributed by atoms with van der Waals surface area (Å²) in [5, 5.41) is 24.0. The zero-order chi connectivity index (χ0) is 20.8. The Kier molecular flexibility index (Phi) is 4.61. The molecule has 2 aliphatic heterocycles. The van der Waals surface area contributed by atoms with E-state index in [0.29, 0.717) is 24.1 Å². The lowest BCUT2D eigenvalue weighted by atomic mass is 9.83. The van der Waals surface area contributed by atoms with Crippen LogP contribution in [0.1, 0.15) is 32.1 Å². The van der Waals surface area contributed by atoms with Crippen molar-refractivity contribution in [2.24, 2.45) is 0 Å². The van der Waals surface area contributed by atoms with Crippen molar-refractivity contribution in [3.8, 4) is 22.4 Å². The molecule has 2 fully saturated rings. The van der Waals surface area contributed by atoms with Gasteiger partial charge in [-0.3, -0.25) is 5.10 Å². The summed E-state index contributed by atoms with van der Waals surface area (Å²) in [6.07, 6.45) is 11.6. The van der Waals surface area contributed by atoms with Gasteiger partial charge >= 0.3 is 0 Å². The lowest BCUT2D eigenvalue weighted by Crippen LogP contribution is -2.54. The van der Waals surface area contributed by atoms with Gasteiger partial charge in [0.05, 0.1) is 17.1 Å². The van der Waals surface area contributed by atoms with Gasteiger partial charge in [0, 0.05) is 48.1 Å². The molecule has 3 atom stereocenters. The molecule has 2 bridgehead atoms. The SMILES string of the molecule is CN(c1ncc(-c2ccc(-c3cn[nH]c3)c3nnsc23)nn1)C1C[C@H]2CCC[C@@H](C1)N2. The number of aromatic nitrogens is 7. The summed E-state index contributed by atoms with van der Waals surface area (Å²) < 4.78 is 5.15. The molecule has 0 saturated carbocycles. The molecule has 0 aliphatic carbocycles. The van der Waals surface area contributed by atoms with Crippen LogP contribution in [0.25, 0.3) is 32.6 Å². The Morgan fingerprint density at radius 3 is 2.61 bits per heavy atom. The van der Waals surface area contributed by atoms with Crippen LogP contribution in [-0.2, 0) is 0 Å². The lowest BCUT2D eigenvalue weighted by molar-refractivity contribution is 0.218. The van der Waals surface area contributed by atoms with Crippen molar-refractivity contribution in [3.63, 3.8) is 0 Å². The third-order valence-corrected chi connectivity index (χ3v) is 7.35. The number of nitrogens with one attached hydrogen (secondary N) is 2. The number of hydrogen-bond acceptors (Lipinski definition) is 9. The van der Waals surface area contributed by atoms with Crippen molar-refractivity contribution in [3.05, 3.63) is 30.7 Å². The summed E-state index contributed by atoms with van der Waals surface area (Å²) in [4.78, 5) is 6.87. The third kappa shape index (κ3) is 3.35. The summed E-state index contributed by atoms with van der Waals surface area (Å²) in [5.41, 5.74) is 4.50. The predicted octanol–water partition coefficient (Wildman–Crippen LogP) is 3.04. The summed E-state index contributed by atoms with van der Waals surface area (Å²) in [6, 6.07) is 5.75. The standard InChI is InChI=1S/C21H23N9S/c1-30(15-7-13-3-2-4-14(8-15)25-13)21-22-11-18(26-28-21)17-6-5-16(12-9-23-24-10-12)19-20(17)31-29-27-19/h5-6,9-11,13-15,25H,2-4,7-8H2,1H3,(H,23,24)/t13-,14+,15?. The van der Waals surface area contributed by atoms with Gasteiger partial charge in [0.1, 0.15) is 11.2 Å². The van der Waals surface area contributed by atoms with E-state index in [1.807, 2.05) is 24.5 Å². The van der Waals surface area contributed by atoms with Crippen LogP contribution >= 0.6 is 11.5 Å². The number of piperidine rings is 2. The smallest absolute Gasteiger partial charge is 0.245 e. The highest BCUT2D eigenvalue weighted by atomic mass is 32.1. The first kappa shape index (κ1) is 18.8. The van der Waals surface area contributed by atoms with Gasteiger partial charge in [-0.2, -0.15) is 5.10 Å². The van der Waals surface area contributed by atoms with Gasteiger partial charge in [0.15, 0.2) is 0 Å². The van der Waals surface area contributed by atoms with Crippen molar-refractivity contribution in [2.75, 3.05) is 11.9 Å². The molecule has 0 spiro atoms. The fourth-order valence-corrected chi connectivity index (χ4v) is 5.68. The molecule has 1 aromatic carbocycles. The number of nitrogens with zero attached hydrogens (tertiary/aromatic N) is 7. The first-order valence-corrected chi connectivity index (χ1v) is 11.5. The van der Waals surface area contributed by atoms with Gasteiger partial charge in [-0.25, -0.2) is 4.98 Å². The van der Waals surface area contributed by atoms with E-state index in [-0.39, 0.29) is 0 Å². The molecule has 9 nitrogen and oxygen atoms in total. The Hall–Kier alpha value is -2.98. The Bertz CT molecular complexity index is 1180. The molecule has 0 amide bonds. The van der Waals surface area contributed by atoms with Gasteiger partial charge in [-0.05, 0) is 37.2 Å². The molecule has 4 aromatic rings. The monoisotopic (exact) mass is 433 g/mol. The van der Waals surface area contributed by atoms with Gasteiger partial charge in [0.25, 0.3) is 0 Å². The number of benzene rings is 1. The Morgan fingerprint density at radius 2 is 1.87 bits per heavy atom. The molecule has 1 unspecified atom stereocenters. The van der Waals surface area contributed by atoms with E-state index in [9.17, 15) is 0 Å². The van der Waals surface area contributed by atoms with Crippen LogP contribution < -0.4 is 10.2 Å². The average molecular weight is 434 g/mol. The normalized spacial score (nSPS) is 23.2. The quantitative estimate of drug-likeness (QED) is 0.506. The maximum Gasteiger partial charge on any atom is 0.245 e. The number of anilines is 1. The van der Waals surface area contributed by atoms with E-state index < -0.39 is 0 Å². The summed E-state index contributed by atoms with van der Waals surface area (Å²) >= 11 is 1.36. The van der Waals surface area contributed by atoms with Crippen molar-refractivity contribution in [1.82, 2.24) is 40.3 Å². The van der Waals surface area contributed by atoms with Crippen LogP contribution in [-0.4, -0.2) is 60.1 Å². The minimum Gasteiger partial charge on any atom is -0.339 e. The van der Waals surface area contributed by atoms with E-state index in [2.05, 4.69) is 52.2 Å². The van der Waals surface area contributed by atoms with Gasteiger partial charge in [-0.15, -0.1) is 15.3 Å². The Balaban J connectivity index is 1.28. The number of aromatic amines is 1. The Labute approximate surface area is 183 Å². The van der Waals surface area contributed by atoms with Crippen LogP contribution in [0, 0.1) is 0 Å². The molecule has 2 aliphatic rings. The third-order valence-electron chi connectivity index (χ3n) is 6.59. The van der Waals surface area contributed by atoms with Crippen LogP contribution in [0.3, 0.4) is 0 Å². The molecule has 6 rings (SSSR count). The number of rotatable bonds is 4. The van der Waals surface area contributed by atoms with Crippen LogP contribution in [0.2, 0.25) is 0 Å². The second-order valence-electron chi connectivity index (χ2n) is 8.47.